The molecule has 6 nitrogen and oxygen atoms in total. The average molecular weight is 160 g/mol. The summed E-state index contributed by atoms with van der Waals surface area (Å²) in [5.41, 5.74) is 0.590. The van der Waals surface area contributed by atoms with Gasteiger partial charge in [0, 0.05) is 0 Å². The topological polar surface area (TPSA) is 77.3 Å². The number of hydrogen-bond donors (Lipinski definition) is 0. The van der Waals surface area contributed by atoms with Crippen molar-refractivity contribution in [3.63, 3.8) is 0 Å². The molecule has 0 radical (unpaired) electrons. The van der Waals surface area contributed by atoms with E-state index in [0.29, 0.717) is 11.5 Å². The molecule has 0 saturated heterocycles. The van der Waals surface area contributed by atoms with Crippen LogP contribution >= 0.6 is 0 Å². The molecule has 0 atom stereocenters. The van der Waals surface area contributed by atoms with Gasteiger partial charge < -0.3 is 0 Å². The summed E-state index contributed by atoms with van der Waals surface area (Å²) in [6.45, 7) is 0. The minimum Gasteiger partial charge on any atom is -0.229 e. The Kier molecular flexibility index (Phi) is 1.65. The van der Waals surface area contributed by atoms with Gasteiger partial charge in [-0.3, -0.25) is 0 Å². The van der Waals surface area contributed by atoms with Gasteiger partial charge in [0.05, 0.1) is 6.20 Å². The lowest BCUT2D eigenvalue weighted by atomic mass is 10.4. The van der Waals surface area contributed by atoms with E-state index in [0.717, 1.165) is 0 Å². The second kappa shape index (κ2) is 2.95. The fraction of sp³-hybridized carbons (Fsp3) is 0. The molecule has 0 N–H and O–H groups in total. The highest BCUT2D eigenvalue weighted by Gasteiger charge is 1.99. The fourth-order valence-electron chi connectivity index (χ4n) is 0.726. The van der Waals surface area contributed by atoms with Gasteiger partial charge in [0.25, 0.3) is 0 Å². The zero-order valence-electron chi connectivity index (χ0n) is 5.99. The summed E-state index contributed by atoms with van der Waals surface area (Å²) >= 11 is 0. The van der Waals surface area contributed by atoms with E-state index in [1.165, 1.54) is 25.2 Å². The first-order chi connectivity index (χ1) is 5.97. The first-order valence-corrected chi connectivity index (χ1v) is 3.22. The van der Waals surface area contributed by atoms with Crippen molar-refractivity contribution in [3.05, 3.63) is 25.2 Å². The van der Waals surface area contributed by atoms with E-state index in [1.807, 2.05) is 0 Å². The summed E-state index contributed by atoms with van der Waals surface area (Å²) in [6.07, 6.45) is 5.66. The van der Waals surface area contributed by atoms with Crippen molar-refractivity contribution in [1.82, 2.24) is 30.1 Å². The Morgan fingerprint density at radius 1 is 0.833 bits per heavy atom. The molecule has 0 aromatic carbocycles. The van der Waals surface area contributed by atoms with Gasteiger partial charge in [-0.15, -0.1) is 5.10 Å². The van der Waals surface area contributed by atoms with Crippen molar-refractivity contribution in [2.45, 2.75) is 0 Å². The molecule has 6 heteroatoms. The van der Waals surface area contributed by atoms with Crippen molar-refractivity contribution in [3.8, 4) is 11.5 Å². The van der Waals surface area contributed by atoms with Crippen LogP contribution in [0.25, 0.3) is 11.5 Å². The van der Waals surface area contributed by atoms with Gasteiger partial charge in [-0.1, -0.05) is 0 Å². The van der Waals surface area contributed by atoms with E-state index in [2.05, 4.69) is 30.1 Å². The van der Waals surface area contributed by atoms with E-state index in [9.17, 15) is 0 Å². The van der Waals surface area contributed by atoms with Gasteiger partial charge in [0.2, 0.25) is 0 Å². The van der Waals surface area contributed by atoms with Crippen LogP contribution in [0.5, 0.6) is 0 Å². The van der Waals surface area contributed by atoms with E-state index in [4.69, 9.17) is 0 Å². The first-order valence-electron chi connectivity index (χ1n) is 3.22. The molecule has 58 valence electrons. The standard InChI is InChI=1S/C6H4N6/c1-5(8-4-12-11-1)6-9-2-7-3-10-6/h1-4H. The zero-order valence-corrected chi connectivity index (χ0v) is 5.99. The largest absolute Gasteiger partial charge is 0.229 e. The summed E-state index contributed by atoms with van der Waals surface area (Å²) < 4.78 is 0. The molecule has 0 saturated carbocycles. The third kappa shape index (κ3) is 1.22. The van der Waals surface area contributed by atoms with Crippen LogP contribution in [0.15, 0.2) is 25.2 Å². The Hall–Kier alpha value is -1.98. The highest BCUT2D eigenvalue weighted by atomic mass is 15.1. The maximum atomic E-state index is 3.92. The van der Waals surface area contributed by atoms with E-state index < -0.39 is 0 Å². The molecule has 2 rings (SSSR count). The van der Waals surface area contributed by atoms with Crippen molar-refractivity contribution in [2.75, 3.05) is 0 Å². The normalized spacial score (nSPS) is 9.67. The summed E-state index contributed by atoms with van der Waals surface area (Å²) in [7, 11) is 0. The summed E-state index contributed by atoms with van der Waals surface area (Å²) in [4.78, 5) is 15.4. The molecule has 2 aromatic heterocycles. The second-order valence-electron chi connectivity index (χ2n) is 1.95. The summed E-state index contributed by atoms with van der Waals surface area (Å²) in [5, 5.41) is 7.19. The predicted molar refractivity (Wildman–Crippen MR) is 38.6 cm³/mol. The van der Waals surface area contributed by atoms with Gasteiger partial charge in [-0.2, -0.15) is 5.10 Å². The lowest BCUT2D eigenvalue weighted by Crippen LogP contribution is -1.93. The fourth-order valence-corrected chi connectivity index (χ4v) is 0.726. The van der Waals surface area contributed by atoms with Crippen LogP contribution in [0.1, 0.15) is 0 Å². The van der Waals surface area contributed by atoms with Gasteiger partial charge in [0.1, 0.15) is 24.7 Å². The molecule has 2 heterocycles. The Bertz CT molecular complexity index is 309. The molecule has 0 amide bonds. The second-order valence-corrected chi connectivity index (χ2v) is 1.95. The van der Waals surface area contributed by atoms with Gasteiger partial charge in [-0.05, 0) is 0 Å². The summed E-state index contributed by atoms with van der Waals surface area (Å²) in [5.74, 6) is 0.500. The maximum Gasteiger partial charge on any atom is 0.182 e. The Morgan fingerprint density at radius 2 is 1.67 bits per heavy atom. The van der Waals surface area contributed by atoms with Gasteiger partial charge in [0.15, 0.2) is 5.82 Å². The molecular formula is C6H4N6. The van der Waals surface area contributed by atoms with E-state index >= 15 is 0 Å². The zero-order chi connectivity index (χ0) is 8.23. The lowest BCUT2D eigenvalue weighted by molar-refractivity contribution is 0.953. The van der Waals surface area contributed by atoms with Crippen LogP contribution in [-0.4, -0.2) is 30.1 Å². The molecule has 0 unspecified atom stereocenters. The predicted octanol–water partition coefficient (Wildman–Crippen LogP) is -0.276. The number of aromatic nitrogens is 6. The highest BCUT2D eigenvalue weighted by molar-refractivity contribution is 5.44. The Balaban J connectivity index is 2.46. The monoisotopic (exact) mass is 160 g/mol. The van der Waals surface area contributed by atoms with Crippen molar-refractivity contribution < 1.29 is 0 Å². The molecule has 2 aromatic rings. The Morgan fingerprint density at radius 3 is 2.33 bits per heavy atom. The van der Waals surface area contributed by atoms with Crippen LogP contribution < -0.4 is 0 Å². The minimum absolute atomic E-state index is 0.500. The number of hydrogen-bond acceptors (Lipinski definition) is 6. The SMILES string of the molecule is c1nncc(-c2ncncn2)n1. The van der Waals surface area contributed by atoms with E-state index in [-0.39, 0.29) is 0 Å². The Labute approximate surface area is 67.8 Å². The third-order valence-electron chi connectivity index (χ3n) is 1.22. The minimum atomic E-state index is 0.500. The molecule has 0 spiro atoms. The molecular weight excluding hydrogens is 156 g/mol. The molecule has 12 heavy (non-hydrogen) atoms. The van der Waals surface area contributed by atoms with Gasteiger partial charge in [-0.25, -0.2) is 19.9 Å². The number of nitrogens with zero attached hydrogens (tertiary/aromatic N) is 6. The highest BCUT2D eigenvalue weighted by Crippen LogP contribution is 2.04. The third-order valence-corrected chi connectivity index (χ3v) is 1.22. The molecule has 0 aliphatic rings. The van der Waals surface area contributed by atoms with Gasteiger partial charge >= 0.3 is 0 Å². The summed E-state index contributed by atoms with van der Waals surface area (Å²) in [6, 6.07) is 0. The van der Waals surface area contributed by atoms with Crippen molar-refractivity contribution >= 4 is 0 Å². The molecule has 0 fully saturated rings. The van der Waals surface area contributed by atoms with Crippen LogP contribution in [0.2, 0.25) is 0 Å². The van der Waals surface area contributed by atoms with Crippen LogP contribution in [-0.2, 0) is 0 Å². The average Bonchev–Trinajstić information content (AvgIpc) is 2.21. The maximum absolute atomic E-state index is 3.92. The van der Waals surface area contributed by atoms with Crippen LogP contribution in [0.3, 0.4) is 0 Å². The van der Waals surface area contributed by atoms with Crippen LogP contribution in [0, 0.1) is 0 Å². The molecule has 0 bridgehead atoms. The van der Waals surface area contributed by atoms with E-state index in [1.54, 1.807) is 0 Å². The molecule has 0 aliphatic heterocycles. The lowest BCUT2D eigenvalue weighted by Gasteiger charge is -1.93. The first kappa shape index (κ1) is 6.71. The van der Waals surface area contributed by atoms with Crippen molar-refractivity contribution in [1.29, 1.82) is 0 Å². The smallest absolute Gasteiger partial charge is 0.182 e. The number of rotatable bonds is 1. The quantitative estimate of drug-likeness (QED) is 0.571. The van der Waals surface area contributed by atoms with Crippen molar-refractivity contribution in [2.24, 2.45) is 0 Å². The molecule has 0 aliphatic carbocycles. The van der Waals surface area contributed by atoms with Crippen LogP contribution in [0.4, 0.5) is 0 Å².